The summed E-state index contributed by atoms with van der Waals surface area (Å²) in [6, 6.07) is 3.59. The Morgan fingerprint density at radius 1 is 0.960 bits per heavy atom. The van der Waals surface area contributed by atoms with Gasteiger partial charge in [-0.2, -0.15) is 0 Å². The van der Waals surface area contributed by atoms with E-state index in [1.807, 2.05) is 0 Å². The van der Waals surface area contributed by atoms with Crippen LogP contribution >= 0.6 is 0 Å². The molecule has 0 saturated carbocycles. The Kier molecular flexibility index (Phi) is 4.37. The van der Waals surface area contributed by atoms with Crippen LogP contribution in [0.25, 0.3) is 11.4 Å². The molecule has 2 aromatic rings. The molecular formula is C19H22F2N4. The molecule has 0 unspecified atom stereocenters. The molecule has 2 aliphatic rings. The lowest BCUT2D eigenvalue weighted by Crippen LogP contribution is -2.45. The van der Waals surface area contributed by atoms with Crippen LogP contribution in [0.15, 0.2) is 18.2 Å². The maximum absolute atomic E-state index is 14.3. The predicted octanol–water partition coefficient (Wildman–Crippen LogP) is 3.05. The second kappa shape index (κ2) is 6.67. The average molecular weight is 344 g/mol. The van der Waals surface area contributed by atoms with Crippen LogP contribution in [0.1, 0.15) is 24.1 Å². The molecular weight excluding hydrogens is 322 g/mol. The zero-order valence-corrected chi connectivity index (χ0v) is 14.4. The van der Waals surface area contributed by atoms with E-state index in [0.29, 0.717) is 5.82 Å². The van der Waals surface area contributed by atoms with Crippen molar-refractivity contribution in [2.75, 3.05) is 38.1 Å². The Hall–Kier alpha value is -2.08. The maximum atomic E-state index is 14.3. The predicted molar refractivity (Wildman–Crippen MR) is 93.7 cm³/mol. The van der Waals surface area contributed by atoms with Crippen molar-refractivity contribution >= 4 is 5.82 Å². The zero-order chi connectivity index (χ0) is 17.4. The minimum Gasteiger partial charge on any atom is -0.354 e. The number of aromatic nitrogens is 2. The SMILES string of the molecule is CN1CCN(c2nc(-c3ccc(F)cc3F)nc3c2CCCC3)CC1. The van der Waals surface area contributed by atoms with Gasteiger partial charge in [-0.3, -0.25) is 0 Å². The summed E-state index contributed by atoms with van der Waals surface area (Å²) < 4.78 is 27.5. The van der Waals surface area contributed by atoms with Crippen molar-refractivity contribution in [2.45, 2.75) is 25.7 Å². The van der Waals surface area contributed by atoms with Gasteiger partial charge >= 0.3 is 0 Å². The molecule has 1 saturated heterocycles. The molecule has 0 radical (unpaired) electrons. The minimum atomic E-state index is -0.611. The van der Waals surface area contributed by atoms with Crippen molar-refractivity contribution in [3.8, 4) is 11.4 Å². The van der Waals surface area contributed by atoms with E-state index in [1.54, 1.807) is 0 Å². The molecule has 4 rings (SSSR count). The van der Waals surface area contributed by atoms with Gasteiger partial charge in [0.25, 0.3) is 0 Å². The number of benzene rings is 1. The number of rotatable bonds is 2. The van der Waals surface area contributed by atoms with Crippen molar-refractivity contribution < 1.29 is 8.78 Å². The zero-order valence-electron chi connectivity index (χ0n) is 14.4. The largest absolute Gasteiger partial charge is 0.354 e. The van der Waals surface area contributed by atoms with E-state index < -0.39 is 11.6 Å². The number of fused-ring (bicyclic) bond motifs is 1. The van der Waals surface area contributed by atoms with E-state index >= 15 is 0 Å². The molecule has 2 heterocycles. The van der Waals surface area contributed by atoms with Crippen LogP contribution in [0.4, 0.5) is 14.6 Å². The lowest BCUT2D eigenvalue weighted by atomic mass is 9.95. The Labute approximate surface area is 146 Å². The van der Waals surface area contributed by atoms with Crippen LogP contribution < -0.4 is 4.90 Å². The van der Waals surface area contributed by atoms with Crippen LogP contribution in [-0.2, 0) is 12.8 Å². The smallest absolute Gasteiger partial charge is 0.164 e. The fraction of sp³-hybridized carbons (Fsp3) is 0.474. The molecule has 1 fully saturated rings. The van der Waals surface area contributed by atoms with E-state index in [4.69, 9.17) is 4.98 Å². The Balaban J connectivity index is 1.79. The molecule has 1 aliphatic carbocycles. The normalized spacial score (nSPS) is 18.3. The second-order valence-electron chi connectivity index (χ2n) is 6.92. The topological polar surface area (TPSA) is 32.3 Å². The van der Waals surface area contributed by atoms with Crippen molar-refractivity contribution in [2.24, 2.45) is 0 Å². The highest BCUT2D eigenvalue weighted by Gasteiger charge is 2.25. The fourth-order valence-corrected chi connectivity index (χ4v) is 3.65. The number of hydrogen-bond donors (Lipinski definition) is 0. The number of hydrogen-bond acceptors (Lipinski definition) is 4. The number of halogens is 2. The second-order valence-corrected chi connectivity index (χ2v) is 6.92. The summed E-state index contributed by atoms with van der Waals surface area (Å²) >= 11 is 0. The monoisotopic (exact) mass is 344 g/mol. The molecule has 0 atom stereocenters. The molecule has 0 bridgehead atoms. The maximum Gasteiger partial charge on any atom is 0.164 e. The van der Waals surface area contributed by atoms with E-state index in [2.05, 4.69) is 21.8 Å². The highest BCUT2D eigenvalue weighted by atomic mass is 19.1. The summed E-state index contributed by atoms with van der Waals surface area (Å²) in [6.07, 6.45) is 4.11. The third-order valence-corrected chi connectivity index (χ3v) is 5.14. The number of anilines is 1. The van der Waals surface area contributed by atoms with Gasteiger partial charge in [-0.1, -0.05) is 0 Å². The van der Waals surface area contributed by atoms with E-state index in [1.165, 1.54) is 17.7 Å². The van der Waals surface area contributed by atoms with Gasteiger partial charge < -0.3 is 9.80 Å². The summed E-state index contributed by atoms with van der Waals surface area (Å²) in [5, 5.41) is 0. The molecule has 0 N–H and O–H groups in total. The summed E-state index contributed by atoms with van der Waals surface area (Å²) in [5.74, 6) is 0.113. The average Bonchev–Trinajstić information content (AvgIpc) is 2.61. The lowest BCUT2D eigenvalue weighted by molar-refractivity contribution is 0.311. The summed E-state index contributed by atoms with van der Waals surface area (Å²) in [4.78, 5) is 13.9. The minimum absolute atomic E-state index is 0.269. The summed E-state index contributed by atoms with van der Waals surface area (Å²) in [5.41, 5.74) is 2.50. The number of nitrogens with zero attached hydrogens (tertiary/aromatic N) is 4. The van der Waals surface area contributed by atoms with Gasteiger partial charge in [-0.05, 0) is 44.9 Å². The standard InChI is InChI=1S/C19H22F2N4/c1-24-8-10-25(11-9-24)19-15-4-2-3-5-17(15)22-18(23-19)14-7-6-13(20)12-16(14)21/h6-7,12H,2-5,8-11H2,1H3. The number of aryl methyl sites for hydroxylation is 1. The van der Waals surface area contributed by atoms with Crippen molar-refractivity contribution in [1.29, 1.82) is 0 Å². The first-order chi connectivity index (χ1) is 12.1. The van der Waals surface area contributed by atoms with Crippen LogP contribution in [0.2, 0.25) is 0 Å². The van der Waals surface area contributed by atoms with E-state index in [0.717, 1.165) is 69.4 Å². The Morgan fingerprint density at radius 3 is 2.48 bits per heavy atom. The van der Waals surface area contributed by atoms with Gasteiger partial charge in [0.1, 0.15) is 17.5 Å². The van der Waals surface area contributed by atoms with Crippen LogP contribution in [-0.4, -0.2) is 48.1 Å². The van der Waals surface area contributed by atoms with Gasteiger partial charge in [0.15, 0.2) is 5.82 Å². The lowest BCUT2D eigenvalue weighted by Gasteiger charge is -2.35. The molecule has 1 aliphatic heterocycles. The molecule has 0 spiro atoms. The highest BCUT2D eigenvalue weighted by molar-refractivity contribution is 5.62. The van der Waals surface area contributed by atoms with Gasteiger partial charge in [-0.15, -0.1) is 0 Å². The van der Waals surface area contributed by atoms with E-state index in [-0.39, 0.29) is 5.56 Å². The molecule has 6 heteroatoms. The van der Waals surface area contributed by atoms with Crippen LogP contribution in [0.5, 0.6) is 0 Å². The highest BCUT2D eigenvalue weighted by Crippen LogP contribution is 2.32. The van der Waals surface area contributed by atoms with Crippen molar-refractivity contribution in [3.05, 3.63) is 41.1 Å². The number of likely N-dealkylation sites (N-methyl/N-ethyl adjacent to an activating group) is 1. The third kappa shape index (κ3) is 3.23. The number of piperazine rings is 1. The molecule has 132 valence electrons. The van der Waals surface area contributed by atoms with Gasteiger partial charge in [-0.25, -0.2) is 18.7 Å². The fourth-order valence-electron chi connectivity index (χ4n) is 3.65. The first kappa shape index (κ1) is 16.4. The molecule has 1 aromatic carbocycles. The van der Waals surface area contributed by atoms with Gasteiger partial charge in [0.2, 0.25) is 0 Å². The van der Waals surface area contributed by atoms with Crippen LogP contribution in [0.3, 0.4) is 0 Å². The summed E-state index contributed by atoms with van der Waals surface area (Å²) in [7, 11) is 2.12. The molecule has 25 heavy (non-hydrogen) atoms. The quantitative estimate of drug-likeness (QED) is 0.838. The van der Waals surface area contributed by atoms with Crippen molar-refractivity contribution in [1.82, 2.24) is 14.9 Å². The summed E-state index contributed by atoms with van der Waals surface area (Å²) in [6.45, 7) is 3.79. The van der Waals surface area contributed by atoms with Crippen LogP contribution in [0, 0.1) is 11.6 Å². The Morgan fingerprint density at radius 2 is 1.72 bits per heavy atom. The first-order valence-corrected chi connectivity index (χ1v) is 8.90. The Bertz CT molecular complexity index is 785. The molecule has 1 aromatic heterocycles. The first-order valence-electron chi connectivity index (χ1n) is 8.90. The van der Waals surface area contributed by atoms with Gasteiger partial charge in [0.05, 0.1) is 5.56 Å². The third-order valence-electron chi connectivity index (χ3n) is 5.14. The van der Waals surface area contributed by atoms with Crippen molar-refractivity contribution in [3.63, 3.8) is 0 Å². The van der Waals surface area contributed by atoms with E-state index in [9.17, 15) is 8.78 Å². The molecule has 4 nitrogen and oxygen atoms in total. The van der Waals surface area contributed by atoms with Gasteiger partial charge in [0, 0.05) is 43.5 Å². The molecule has 0 amide bonds.